The van der Waals surface area contributed by atoms with Gasteiger partial charge >= 0.3 is 5.97 Å². The lowest BCUT2D eigenvalue weighted by Gasteiger charge is -2.20. The van der Waals surface area contributed by atoms with Gasteiger partial charge in [0.2, 0.25) is 0 Å². The Morgan fingerprint density at radius 1 is 1.29 bits per heavy atom. The van der Waals surface area contributed by atoms with Crippen molar-refractivity contribution in [3.63, 3.8) is 0 Å². The fourth-order valence-corrected chi connectivity index (χ4v) is 4.13. The predicted octanol–water partition coefficient (Wildman–Crippen LogP) is 4.08. The molecule has 21 heavy (non-hydrogen) atoms. The molecule has 1 fully saturated rings. The molecule has 2 bridgehead atoms. The van der Waals surface area contributed by atoms with Crippen molar-refractivity contribution in [2.24, 2.45) is 0 Å². The Morgan fingerprint density at radius 3 is 2.81 bits per heavy atom. The van der Waals surface area contributed by atoms with Gasteiger partial charge in [0.25, 0.3) is 0 Å². The first-order chi connectivity index (χ1) is 10.2. The third-order valence-corrected chi connectivity index (χ3v) is 4.94. The molecule has 0 amide bonds. The standard InChI is InChI=1S/C18H19NO2/c1-3-21-18(20)17-16-12-6-5-11(9-12)15(16)13-8-10(2)4-7-14(13)19-17/h4,7-8,11-12H,3,5-6,9H2,1-2H3/t11-,12+/m0/s1. The molecule has 2 aliphatic rings. The Hall–Kier alpha value is -1.90. The van der Waals surface area contributed by atoms with Crippen molar-refractivity contribution in [2.75, 3.05) is 6.61 Å². The third kappa shape index (κ3) is 1.80. The van der Waals surface area contributed by atoms with Gasteiger partial charge in [-0.25, -0.2) is 9.78 Å². The molecule has 3 nitrogen and oxygen atoms in total. The van der Waals surface area contributed by atoms with Crippen LogP contribution in [-0.2, 0) is 4.74 Å². The summed E-state index contributed by atoms with van der Waals surface area (Å²) in [5, 5.41) is 1.24. The van der Waals surface area contributed by atoms with Gasteiger partial charge in [0.05, 0.1) is 12.1 Å². The van der Waals surface area contributed by atoms with Crippen molar-refractivity contribution in [1.82, 2.24) is 4.98 Å². The second-order valence-corrected chi connectivity index (χ2v) is 6.24. The van der Waals surface area contributed by atoms with Gasteiger partial charge in [0, 0.05) is 5.39 Å². The minimum atomic E-state index is -0.260. The van der Waals surface area contributed by atoms with Crippen LogP contribution in [0.2, 0.25) is 0 Å². The van der Waals surface area contributed by atoms with Crippen LogP contribution in [0.25, 0.3) is 10.9 Å². The van der Waals surface area contributed by atoms with Crippen molar-refractivity contribution in [2.45, 2.75) is 44.9 Å². The number of rotatable bonds is 2. The fourth-order valence-electron chi connectivity index (χ4n) is 4.13. The van der Waals surface area contributed by atoms with Crippen LogP contribution in [0, 0.1) is 6.92 Å². The zero-order valence-corrected chi connectivity index (χ0v) is 12.5. The summed E-state index contributed by atoms with van der Waals surface area (Å²) in [6.45, 7) is 4.35. The number of benzene rings is 1. The molecule has 108 valence electrons. The largest absolute Gasteiger partial charge is 0.461 e. The first kappa shape index (κ1) is 12.8. The molecule has 1 aromatic carbocycles. The Morgan fingerprint density at radius 2 is 2.05 bits per heavy atom. The van der Waals surface area contributed by atoms with Gasteiger partial charge in [-0.1, -0.05) is 11.6 Å². The number of nitrogens with zero attached hydrogens (tertiary/aromatic N) is 1. The van der Waals surface area contributed by atoms with E-state index in [9.17, 15) is 4.79 Å². The topological polar surface area (TPSA) is 39.2 Å². The lowest BCUT2D eigenvalue weighted by atomic mass is 9.87. The third-order valence-electron chi connectivity index (χ3n) is 4.94. The average Bonchev–Trinajstić information content (AvgIpc) is 3.08. The van der Waals surface area contributed by atoms with Gasteiger partial charge in [-0.05, 0) is 68.2 Å². The number of fused-ring (bicyclic) bond motifs is 7. The number of carbonyl (C=O) groups excluding carboxylic acids is 1. The van der Waals surface area contributed by atoms with Crippen LogP contribution in [0.15, 0.2) is 18.2 Å². The Bertz CT molecular complexity index is 750. The van der Waals surface area contributed by atoms with Crippen LogP contribution in [-0.4, -0.2) is 17.6 Å². The summed E-state index contributed by atoms with van der Waals surface area (Å²) in [5.41, 5.74) is 5.30. The molecule has 0 N–H and O–H groups in total. The number of ether oxygens (including phenoxy) is 1. The minimum Gasteiger partial charge on any atom is -0.461 e. The van der Waals surface area contributed by atoms with Crippen LogP contribution < -0.4 is 0 Å². The lowest BCUT2D eigenvalue weighted by Crippen LogP contribution is -2.14. The van der Waals surface area contributed by atoms with Crippen molar-refractivity contribution in [3.8, 4) is 0 Å². The van der Waals surface area contributed by atoms with Crippen molar-refractivity contribution in [3.05, 3.63) is 40.6 Å². The summed E-state index contributed by atoms with van der Waals surface area (Å²) in [5.74, 6) is 0.844. The van der Waals surface area contributed by atoms with E-state index in [1.54, 1.807) is 0 Å². The molecule has 4 rings (SSSR count). The summed E-state index contributed by atoms with van der Waals surface area (Å²) in [7, 11) is 0. The highest BCUT2D eigenvalue weighted by atomic mass is 16.5. The Kier molecular flexibility index (Phi) is 2.78. The maximum Gasteiger partial charge on any atom is 0.357 e. The van der Waals surface area contributed by atoms with E-state index in [-0.39, 0.29) is 5.97 Å². The van der Waals surface area contributed by atoms with Crippen LogP contribution in [0.3, 0.4) is 0 Å². The molecule has 1 heterocycles. The van der Waals surface area contributed by atoms with Gasteiger partial charge in [0.1, 0.15) is 0 Å². The van der Waals surface area contributed by atoms with Crippen LogP contribution in [0.5, 0.6) is 0 Å². The quantitative estimate of drug-likeness (QED) is 0.778. The van der Waals surface area contributed by atoms with Crippen LogP contribution in [0.4, 0.5) is 0 Å². The molecular weight excluding hydrogens is 262 g/mol. The smallest absolute Gasteiger partial charge is 0.357 e. The van der Waals surface area contributed by atoms with E-state index in [4.69, 9.17) is 4.74 Å². The molecular formula is C18H19NO2. The van der Waals surface area contributed by atoms with E-state index in [1.807, 2.05) is 13.0 Å². The van der Waals surface area contributed by atoms with E-state index >= 15 is 0 Å². The van der Waals surface area contributed by atoms with E-state index in [2.05, 4.69) is 24.0 Å². The van der Waals surface area contributed by atoms with Crippen molar-refractivity contribution < 1.29 is 9.53 Å². The highest BCUT2D eigenvalue weighted by Gasteiger charge is 2.41. The Labute approximate surface area is 124 Å². The van der Waals surface area contributed by atoms with E-state index in [0.29, 0.717) is 24.1 Å². The molecule has 0 saturated heterocycles. The highest BCUT2D eigenvalue weighted by Crippen LogP contribution is 2.55. The van der Waals surface area contributed by atoms with Gasteiger partial charge < -0.3 is 4.74 Å². The number of carbonyl (C=O) groups is 1. The highest BCUT2D eigenvalue weighted by molar-refractivity contribution is 5.96. The van der Waals surface area contributed by atoms with Crippen molar-refractivity contribution in [1.29, 1.82) is 0 Å². The Balaban J connectivity index is 2.02. The zero-order valence-electron chi connectivity index (χ0n) is 12.5. The first-order valence-corrected chi connectivity index (χ1v) is 7.80. The molecule has 2 aromatic rings. The molecule has 1 aromatic heterocycles. The van der Waals surface area contributed by atoms with Crippen molar-refractivity contribution >= 4 is 16.9 Å². The van der Waals surface area contributed by atoms with Crippen LogP contribution in [0.1, 0.15) is 65.2 Å². The summed E-state index contributed by atoms with van der Waals surface area (Å²) in [6, 6.07) is 6.31. The first-order valence-electron chi connectivity index (χ1n) is 7.80. The zero-order chi connectivity index (χ0) is 14.6. The van der Waals surface area contributed by atoms with Gasteiger partial charge in [-0.2, -0.15) is 0 Å². The van der Waals surface area contributed by atoms with Gasteiger partial charge in [-0.3, -0.25) is 0 Å². The van der Waals surface area contributed by atoms with Crippen LogP contribution >= 0.6 is 0 Å². The molecule has 0 unspecified atom stereocenters. The fraction of sp³-hybridized carbons (Fsp3) is 0.444. The summed E-state index contributed by atoms with van der Waals surface area (Å²) >= 11 is 0. The number of aryl methyl sites for hydroxylation is 1. The normalized spacial score (nSPS) is 22.6. The molecule has 1 saturated carbocycles. The molecule has 0 spiro atoms. The summed E-state index contributed by atoms with van der Waals surface area (Å²) in [4.78, 5) is 17.0. The molecule has 2 aliphatic carbocycles. The summed E-state index contributed by atoms with van der Waals surface area (Å²) in [6.07, 6.45) is 3.60. The number of esters is 1. The molecule has 3 heteroatoms. The number of hydrogen-bond donors (Lipinski definition) is 0. The van der Waals surface area contributed by atoms with Gasteiger partial charge in [0.15, 0.2) is 5.69 Å². The molecule has 0 aliphatic heterocycles. The van der Waals surface area contributed by atoms with E-state index < -0.39 is 0 Å². The maximum atomic E-state index is 12.3. The number of hydrogen-bond acceptors (Lipinski definition) is 3. The number of pyridine rings is 1. The molecule has 0 radical (unpaired) electrons. The maximum absolute atomic E-state index is 12.3. The van der Waals surface area contributed by atoms with E-state index in [1.165, 1.54) is 41.3 Å². The second-order valence-electron chi connectivity index (χ2n) is 6.24. The average molecular weight is 281 g/mol. The molecule has 2 atom stereocenters. The predicted molar refractivity (Wildman–Crippen MR) is 81.8 cm³/mol. The van der Waals surface area contributed by atoms with Gasteiger partial charge in [-0.15, -0.1) is 0 Å². The summed E-state index contributed by atoms with van der Waals surface area (Å²) < 4.78 is 5.23. The van der Waals surface area contributed by atoms with E-state index in [0.717, 1.165) is 5.52 Å². The lowest BCUT2D eigenvalue weighted by molar-refractivity contribution is 0.0518. The monoisotopic (exact) mass is 281 g/mol. The SMILES string of the molecule is CCOC(=O)c1nc2ccc(C)cc2c2c1[C@@H]1CC[C@H]2C1. The minimum absolute atomic E-state index is 0.260. The second kappa shape index (κ2) is 4.55. The number of aromatic nitrogens is 1.